The van der Waals surface area contributed by atoms with Crippen LogP contribution in [0, 0.1) is 12.7 Å². The first-order valence-electron chi connectivity index (χ1n) is 7.20. The monoisotopic (exact) mass is 282 g/mol. The maximum Gasteiger partial charge on any atom is 0.123 e. The van der Waals surface area contributed by atoms with Gasteiger partial charge in [-0.1, -0.05) is 18.2 Å². The van der Waals surface area contributed by atoms with E-state index in [0.717, 1.165) is 17.5 Å². The lowest BCUT2D eigenvalue weighted by molar-refractivity contribution is 0.623. The molecule has 21 heavy (non-hydrogen) atoms. The van der Waals surface area contributed by atoms with E-state index in [2.05, 4.69) is 35.0 Å². The summed E-state index contributed by atoms with van der Waals surface area (Å²) < 4.78 is 15.6. The summed E-state index contributed by atoms with van der Waals surface area (Å²) in [7, 11) is 0. The van der Waals surface area contributed by atoms with E-state index in [-0.39, 0.29) is 5.82 Å². The Morgan fingerprint density at radius 3 is 2.76 bits per heavy atom. The fourth-order valence-electron chi connectivity index (χ4n) is 2.68. The van der Waals surface area contributed by atoms with Crippen molar-refractivity contribution in [3.05, 3.63) is 71.2 Å². The van der Waals surface area contributed by atoms with Crippen molar-refractivity contribution in [3.63, 3.8) is 0 Å². The van der Waals surface area contributed by atoms with E-state index in [9.17, 15) is 4.39 Å². The molecule has 0 aliphatic heterocycles. The van der Waals surface area contributed by atoms with E-state index < -0.39 is 0 Å². The van der Waals surface area contributed by atoms with Crippen LogP contribution in [0.1, 0.15) is 16.7 Å². The Labute approximate surface area is 124 Å². The summed E-state index contributed by atoms with van der Waals surface area (Å²) in [6.07, 6.45) is 2.93. The Hall–Kier alpha value is -2.13. The summed E-state index contributed by atoms with van der Waals surface area (Å²) in [5.74, 6) is -0.184. The summed E-state index contributed by atoms with van der Waals surface area (Å²) in [6, 6.07) is 13.5. The largest absolute Gasteiger partial charge is 0.343 e. The highest BCUT2D eigenvalue weighted by molar-refractivity contribution is 5.81. The van der Waals surface area contributed by atoms with E-state index in [1.165, 1.54) is 22.5 Å². The highest BCUT2D eigenvalue weighted by Gasteiger charge is 2.06. The molecule has 0 bridgehead atoms. The van der Waals surface area contributed by atoms with Gasteiger partial charge in [0.25, 0.3) is 0 Å². The Morgan fingerprint density at radius 2 is 1.95 bits per heavy atom. The van der Waals surface area contributed by atoms with Crippen molar-refractivity contribution in [3.8, 4) is 0 Å². The molecular formula is C18H19FN2. The minimum absolute atomic E-state index is 0.184. The molecule has 1 aromatic heterocycles. The van der Waals surface area contributed by atoms with Gasteiger partial charge in [-0.3, -0.25) is 0 Å². The molecule has 0 amide bonds. The van der Waals surface area contributed by atoms with Crippen LogP contribution in [0.3, 0.4) is 0 Å². The molecule has 2 N–H and O–H groups in total. The van der Waals surface area contributed by atoms with Gasteiger partial charge in [-0.25, -0.2) is 4.39 Å². The first kappa shape index (κ1) is 13.8. The minimum Gasteiger partial charge on any atom is -0.343 e. The lowest BCUT2D eigenvalue weighted by atomic mass is 10.1. The quantitative estimate of drug-likeness (QED) is 0.778. The van der Waals surface area contributed by atoms with Crippen LogP contribution in [0.5, 0.6) is 0 Å². The number of nitrogens with two attached hydrogens (primary N) is 1. The SMILES string of the molecule is Cc1ccc(F)cc1Cn1ccc2ccc(CCN)cc21. The third-order valence-corrected chi connectivity index (χ3v) is 3.92. The fraction of sp³-hybridized carbons (Fsp3) is 0.222. The van der Waals surface area contributed by atoms with Crippen LogP contribution in [-0.4, -0.2) is 11.1 Å². The molecular weight excluding hydrogens is 263 g/mol. The van der Waals surface area contributed by atoms with Crippen molar-refractivity contribution in [1.29, 1.82) is 0 Å². The van der Waals surface area contributed by atoms with Gasteiger partial charge in [-0.2, -0.15) is 0 Å². The molecule has 0 saturated heterocycles. The van der Waals surface area contributed by atoms with Gasteiger partial charge >= 0.3 is 0 Å². The van der Waals surface area contributed by atoms with Gasteiger partial charge in [0.15, 0.2) is 0 Å². The zero-order valence-corrected chi connectivity index (χ0v) is 12.1. The lowest BCUT2D eigenvalue weighted by Crippen LogP contribution is -2.04. The van der Waals surface area contributed by atoms with Crippen molar-refractivity contribution in [2.45, 2.75) is 19.9 Å². The Kier molecular flexibility index (Phi) is 3.76. The van der Waals surface area contributed by atoms with Crippen LogP contribution in [0.25, 0.3) is 10.9 Å². The fourth-order valence-corrected chi connectivity index (χ4v) is 2.68. The van der Waals surface area contributed by atoms with E-state index >= 15 is 0 Å². The molecule has 3 rings (SSSR count). The zero-order valence-electron chi connectivity index (χ0n) is 12.1. The second-order valence-corrected chi connectivity index (χ2v) is 5.45. The number of rotatable bonds is 4. The van der Waals surface area contributed by atoms with Gasteiger partial charge < -0.3 is 10.3 Å². The highest BCUT2D eigenvalue weighted by atomic mass is 19.1. The smallest absolute Gasteiger partial charge is 0.123 e. The van der Waals surface area contributed by atoms with Crippen molar-refractivity contribution in [2.75, 3.05) is 6.54 Å². The van der Waals surface area contributed by atoms with E-state index in [1.54, 1.807) is 6.07 Å². The summed E-state index contributed by atoms with van der Waals surface area (Å²) >= 11 is 0. The number of benzene rings is 2. The van der Waals surface area contributed by atoms with Crippen molar-refractivity contribution < 1.29 is 4.39 Å². The second kappa shape index (κ2) is 5.70. The topological polar surface area (TPSA) is 30.9 Å². The molecule has 2 aromatic carbocycles. The summed E-state index contributed by atoms with van der Waals surface area (Å²) in [5, 5.41) is 1.20. The summed E-state index contributed by atoms with van der Waals surface area (Å²) in [5.41, 5.74) is 10.2. The van der Waals surface area contributed by atoms with Gasteiger partial charge in [0, 0.05) is 18.3 Å². The van der Waals surface area contributed by atoms with Crippen LogP contribution < -0.4 is 5.73 Å². The van der Waals surface area contributed by atoms with Crippen molar-refractivity contribution >= 4 is 10.9 Å². The van der Waals surface area contributed by atoms with E-state index in [1.807, 2.05) is 13.0 Å². The molecule has 2 nitrogen and oxygen atoms in total. The van der Waals surface area contributed by atoms with Crippen LogP contribution in [-0.2, 0) is 13.0 Å². The predicted molar refractivity (Wildman–Crippen MR) is 84.9 cm³/mol. The molecule has 0 radical (unpaired) electrons. The Balaban J connectivity index is 2.00. The Morgan fingerprint density at radius 1 is 1.10 bits per heavy atom. The lowest BCUT2D eigenvalue weighted by Gasteiger charge is -2.10. The molecule has 0 unspecified atom stereocenters. The third kappa shape index (κ3) is 2.83. The molecule has 0 saturated carbocycles. The molecule has 0 atom stereocenters. The van der Waals surface area contributed by atoms with Crippen LogP contribution in [0.15, 0.2) is 48.7 Å². The number of hydrogen-bond donors (Lipinski definition) is 1. The summed E-state index contributed by atoms with van der Waals surface area (Å²) in [4.78, 5) is 0. The molecule has 108 valence electrons. The van der Waals surface area contributed by atoms with E-state index in [4.69, 9.17) is 5.73 Å². The van der Waals surface area contributed by atoms with Crippen molar-refractivity contribution in [1.82, 2.24) is 4.57 Å². The van der Waals surface area contributed by atoms with Gasteiger partial charge in [0.05, 0.1) is 0 Å². The average Bonchev–Trinajstić information content (AvgIpc) is 2.86. The Bertz CT molecular complexity index is 774. The standard InChI is InChI=1S/C18H19FN2/c1-13-2-5-17(19)11-16(13)12-21-9-7-15-4-3-14(6-8-20)10-18(15)21/h2-5,7,9-11H,6,8,12,20H2,1H3. The maximum absolute atomic E-state index is 13.4. The third-order valence-electron chi connectivity index (χ3n) is 3.92. The summed E-state index contributed by atoms with van der Waals surface area (Å²) in [6.45, 7) is 3.34. The van der Waals surface area contributed by atoms with Crippen molar-refractivity contribution in [2.24, 2.45) is 5.73 Å². The average molecular weight is 282 g/mol. The van der Waals surface area contributed by atoms with Crippen LogP contribution >= 0.6 is 0 Å². The van der Waals surface area contributed by atoms with Gasteiger partial charge in [-0.05, 0) is 66.2 Å². The van der Waals surface area contributed by atoms with E-state index in [0.29, 0.717) is 13.1 Å². The number of aromatic nitrogens is 1. The first-order valence-corrected chi connectivity index (χ1v) is 7.20. The molecule has 1 heterocycles. The maximum atomic E-state index is 13.4. The number of aryl methyl sites for hydroxylation is 1. The second-order valence-electron chi connectivity index (χ2n) is 5.45. The molecule has 3 aromatic rings. The van der Waals surface area contributed by atoms with Gasteiger partial charge in [0.1, 0.15) is 5.82 Å². The number of hydrogen-bond acceptors (Lipinski definition) is 1. The number of nitrogens with zero attached hydrogens (tertiary/aromatic N) is 1. The normalized spacial score (nSPS) is 11.2. The predicted octanol–water partition coefficient (Wildman–Crippen LogP) is 3.64. The first-order chi connectivity index (χ1) is 10.2. The molecule has 0 aliphatic rings. The van der Waals surface area contributed by atoms with Crippen LogP contribution in [0.4, 0.5) is 4.39 Å². The molecule has 3 heteroatoms. The molecule has 0 aliphatic carbocycles. The zero-order chi connectivity index (χ0) is 14.8. The number of fused-ring (bicyclic) bond motifs is 1. The molecule has 0 fully saturated rings. The van der Waals surface area contributed by atoms with Crippen LogP contribution in [0.2, 0.25) is 0 Å². The van der Waals surface area contributed by atoms with Gasteiger partial charge in [0.2, 0.25) is 0 Å². The molecule has 0 spiro atoms. The van der Waals surface area contributed by atoms with Gasteiger partial charge in [-0.15, -0.1) is 0 Å². The minimum atomic E-state index is -0.184. The number of halogens is 1. The highest BCUT2D eigenvalue weighted by Crippen LogP contribution is 2.20.